The minimum atomic E-state index is -4.70. The largest absolute Gasteiger partial charge is 0.418 e. The second-order valence-corrected chi connectivity index (χ2v) is 6.06. The van der Waals surface area contributed by atoms with Gasteiger partial charge in [0.05, 0.1) is 11.3 Å². The zero-order valence-electron chi connectivity index (χ0n) is 13.6. The molecule has 3 aromatic rings. The SMILES string of the molecule is CC(C)c1c(F)n(-c2ccccc2C(F)(F)F)c(=O)c2ccccc12. The Morgan fingerprint density at radius 2 is 1.48 bits per heavy atom. The van der Waals surface area contributed by atoms with E-state index in [0.717, 1.165) is 12.1 Å². The number of alkyl halides is 3. The van der Waals surface area contributed by atoms with Gasteiger partial charge < -0.3 is 0 Å². The number of halogens is 4. The summed E-state index contributed by atoms with van der Waals surface area (Å²) >= 11 is 0. The third-order valence-electron chi connectivity index (χ3n) is 4.10. The Labute approximate surface area is 141 Å². The van der Waals surface area contributed by atoms with Gasteiger partial charge in [-0.15, -0.1) is 0 Å². The molecule has 1 heterocycles. The van der Waals surface area contributed by atoms with Crippen LogP contribution in [0.15, 0.2) is 53.3 Å². The first kappa shape index (κ1) is 17.2. The number of fused-ring (bicyclic) bond motifs is 1. The Bertz CT molecular complexity index is 1000. The molecule has 0 N–H and O–H groups in total. The van der Waals surface area contributed by atoms with Gasteiger partial charge in [0.15, 0.2) is 0 Å². The maximum absolute atomic E-state index is 15.2. The van der Waals surface area contributed by atoms with Crippen LogP contribution in [0.4, 0.5) is 17.6 Å². The zero-order valence-corrected chi connectivity index (χ0v) is 13.6. The van der Waals surface area contributed by atoms with E-state index < -0.39 is 28.9 Å². The van der Waals surface area contributed by atoms with Crippen molar-refractivity contribution in [3.63, 3.8) is 0 Å². The average molecular weight is 349 g/mol. The third-order valence-corrected chi connectivity index (χ3v) is 4.10. The molecule has 0 amide bonds. The summed E-state index contributed by atoms with van der Waals surface area (Å²) in [5.41, 5.74) is -2.16. The molecular weight excluding hydrogens is 334 g/mol. The van der Waals surface area contributed by atoms with Crippen molar-refractivity contribution in [1.29, 1.82) is 0 Å². The van der Waals surface area contributed by atoms with Gasteiger partial charge in [-0.25, -0.2) is 0 Å². The summed E-state index contributed by atoms with van der Waals surface area (Å²) in [6, 6.07) is 10.9. The van der Waals surface area contributed by atoms with E-state index in [4.69, 9.17) is 0 Å². The van der Waals surface area contributed by atoms with Crippen LogP contribution in [0.1, 0.15) is 30.9 Å². The van der Waals surface area contributed by atoms with Gasteiger partial charge in [0, 0.05) is 10.9 Å². The molecule has 3 rings (SSSR count). The molecule has 0 saturated heterocycles. The van der Waals surface area contributed by atoms with Crippen LogP contribution in [0.25, 0.3) is 16.5 Å². The van der Waals surface area contributed by atoms with E-state index in [2.05, 4.69) is 0 Å². The van der Waals surface area contributed by atoms with Crippen LogP contribution in [0.3, 0.4) is 0 Å². The fourth-order valence-corrected chi connectivity index (χ4v) is 3.02. The smallest absolute Gasteiger partial charge is 0.268 e. The van der Waals surface area contributed by atoms with Crippen LogP contribution in [0.5, 0.6) is 0 Å². The van der Waals surface area contributed by atoms with Crippen molar-refractivity contribution in [2.45, 2.75) is 25.9 Å². The highest BCUT2D eigenvalue weighted by molar-refractivity contribution is 5.85. The quantitative estimate of drug-likeness (QED) is 0.456. The lowest BCUT2D eigenvalue weighted by Gasteiger charge is -2.19. The minimum absolute atomic E-state index is 0.185. The molecule has 0 spiro atoms. The number of aromatic nitrogens is 1. The zero-order chi connectivity index (χ0) is 18.4. The lowest BCUT2D eigenvalue weighted by atomic mass is 9.97. The fraction of sp³-hybridized carbons (Fsp3) is 0.211. The van der Waals surface area contributed by atoms with E-state index in [1.807, 2.05) is 0 Å². The fourth-order valence-electron chi connectivity index (χ4n) is 3.02. The van der Waals surface area contributed by atoms with Crippen LogP contribution in [-0.2, 0) is 6.18 Å². The van der Waals surface area contributed by atoms with Gasteiger partial charge in [0.1, 0.15) is 0 Å². The van der Waals surface area contributed by atoms with Crippen molar-refractivity contribution in [3.8, 4) is 5.69 Å². The van der Waals surface area contributed by atoms with Gasteiger partial charge >= 0.3 is 6.18 Å². The first-order valence-corrected chi connectivity index (χ1v) is 7.73. The van der Waals surface area contributed by atoms with Gasteiger partial charge in [-0.3, -0.25) is 9.36 Å². The normalized spacial score (nSPS) is 12.1. The molecule has 0 radical (unpaired) electrons. The first-order valence-electron chi connectivity index (χ1n) is 7.73. The Morgan fingerprint density at radius 3 is 2.08 bits per heavy atom. The molecule has 1 aromatic heterocycles. The summed E-state index contributed by atoms with van der Waals surface area (Å²) in [7, 11) is 0. The highest BCUT2D eigenvalue weighted by Gasteiger charge is 2.35. The molecule has 0 aliphatic carbocycles. The van der Waals surface area contributed by atoms with E-state index in [0.29, 0.717) is 9.95 Å². The van der Waals surface area contributed by atoms with Gasteiger partial charge in [0.25, 0.3) is 5.56 Å². The second-order valence-electron chi connectivity index (χ2n) is 6.06. The van der Waals surface area contributed by atoms with Crippen LogP contribution in [0.2, 0.25) is 0 Å². The maximum atomic E-state index is 15.2. The maximum Gasteiger partial charge on any atom is 0.418 e. The number of nitrogens with zero attached hydrogens (tertiary/aromatic N) is 1. The van der Waals surface area contributed by atoms with Crippen molar-refractivity contribution < 1.29 is 17.6 Å². The van der Waals surface area contributed by atoms with Gasteiger partial charge in [-0.05, 0) is 29.5 Å². The topological polar surface area (TPSA) is 22.0 Å². The second kappa shape index (κ2) is 6.02. The Morgan fingerprint density at radius 1 is 0.920 bits per heavy atom. The molecule has 6 heteroatoms. The summed E-state index contributed by atoms with van der Waals surface area (Å²) in [5, 5.41) is 0.602. The number of pyridine rings is 1. The van der Waals surface area contributed by atoms with Gasteiger partial charge in [-0.2, -0.15) is 17.6 Å². The molecule has 0 aliphatic heterocycles. The molecule has 0 fully saturated rings. The molecule has 0 unspecified atom stereocenters. The number of rotatable bonds is 2. The predicted octanol–water partition coefficient (Wildman–Crippen LogP) is 5.27. The molecule has 0 atom stereocenters. The number of hydrogen-bond donors (Lipinski definition) is 0. The molecule has 0 aliphatic rings. The van der Waals surface area contributed by atoms with Gasteiger partial charge in [0.2, 0.25) is 5.95 Å². The lowest BCUT2D eigenvalue weighted by Crippen LogP contribution is -2.26. The molecule has 2 aromatic carbocycles. The first-order chi connectivity index (χ1) is 11.7. The van der Waals surface area contributed by atoms with E-state index >= 15 is 4.39 Å². The van der Waals surface area contributed by atoms with E-state index in [1.54, 1.807) is 32.0 Å². The highest BCUT2D eigenvalue weighted by atomic mass is 19.4. The summed E-state index contributed by atoms with van der Waals surface area (Å²) < 4.78 is 55.7. The molecule has 25 heavy (non-hydrogen) atoms. The molecule has 0 bridgehead atoms. The Balaban J connectivity index is 2.50. The molecule has 0 saturated carbocycles. The summed E-state index contributed by atoms with van der Waals surface area (Å²) in [4.78, 5) is 12.8. The Kier molecular flexibility index (Phi) is 4.14. The van der Waals surface area contributed by atoms with Crippen LogP contribution in [0, 0.1) is 5.95 Å². The van der Waals surface area contributed by atoms with E-state index in [9.17, 15) is 18.0 Å². The predicted molar refractivity (Wildman–Crippen MR) is 88.6 cm³/mol. The highest BCUT2D eigenvalue weighted by Crippen LogP contribution is 2.35. The summed E-state index contributed by atoms with van der Waals surface area (Å²) in [6.07, 6.45) is -4.70. The summed E-state index contributed by atoms with van der Waals surface area (Å²) in [6.45, 7) is 3.46. The standard InChI is InChI=1S/C19H15F4NO/c1-11(2)16-12-7-3-4-8-13(12)18(25)24(17(16)20)15-10-6-5-9-14(15)19(21,22)23/h3-11H,1-2H3. The summed E-state index contributed by atoms with van der Waals surface area (Å²) in [5.74, 6) is -1.27. The van der Waals surface area contributed by atoms with Crippen molar-refractivity contribution in [1.82, 2.24) is 4.57 Å². The van der Waals surface area contributed by atoms with Crippen LogP contribution < -0.4 is 5.56 Å². The van der Waals surface area contributed by atoms with Crippen molar-refractivity contribution in [3.05, 3.63) is 76.0 Å². The van der Waals surface area contributed by atoms with E-state index in [-0.39, 0.29) is 16.9 Å². The molecule has 2 nitrogen and oxygen atoms in total. The Hall–Kier alpha value is -2.63. The monoisotopic (exact) mass is 349 g/mol. The number of hydrogen-bond acceptors (Lipinski definition) is 1. The third kappa shape index (κ3) is 2.81. The van der Waals surface area contributed by atoms with E-state index in [1.165, 1.54) is 18.2 Å². The van der Waals surface area contributed by atoms with Crippen LogP contribution >= 0.6 is 0 Å². The number of para-hydroxylation sites is 1. The molecule has 130 valence electrons. The molecular formula is C19H15F4NO. The van der Waals surface area contributed by atoms with Crippen LogP contribution in [-0.4, -0.2) is 4.57 Å². The van der Waals surface area contributed by atoms with Crippen molar-refractivity contribution in [2.24, 2.45) is 0 Å². The average Bonchev–Trinajstić information content (AvgIpc) is 2.54. The minimum Gasteiger partial charge on any atom is -0.268 e. The lowest BCUT2D eigenvalue weighted by molar-refractivity contribution is -0.137. The van der Waals surface area contributed by atoms with Gasteiger partial charge in [-0.1, -0.05) is 44.2 Å². The van der Waals surface area contributed by atoms with Crippen molar-refractivity contribution in [2.75, 3.05) is 0 Å². The van der Waals surface area contributed by atoms with Crippen molar-refractivity contribution >= 4 is 10.8 Å². The number of benzene rings is 2.